The zero-order chi connectivity index (χ0) is 13.0. The van der Waals surface area contributed by atoms with Gasteiger partial charge in [-0.3, -0.25) is 0 Å². The van der Waals surface area contributed by atoms with Gasteiger partial charge in [-0.2, -0.15) is 11.8 Å². The highest BCUT2D eigenvalue weighted by Crippen LogP contribution is 2.24. The van der Waals surface area contributed by atoms with E-state index in [2.05, 4.69) is 96.9 Å². The topological polar surface area (TPSA) is 0 Å². The van der Waals surface area contributed by atoms with Gasteiger partial charge in [0.2, 0.25) is 0 Å². The van der Waals surface area contributed by atoms with Crippen LogP contribution in [0.25, 0.3) is 0 Å². The first-order chi connectivity index (χ1) is 8.65. The van der Waals surface area contributed by atoms with Crippen LogP contribution in [0.2, 0.25) is 0 Å². The Morgan fingerprint density at radius 1 is 0.889 bits per heavy atom. The zero-order valence-corrected chi connectivity index (χ0v) is 15.6. The molecular weight excluding hydrogens is 487 g/mol. The van der Waals surface area contributed by atoms with Crippen molar-refractivity contribution in [3.05, 3.63) is 66.1 Å². The van der Waals surface area contributed by atoms with Crippen LogP contribution >= 0.6 is 66.2 Å². The Balaban J connectivity index is 1.88. The standard InChI is InChI=1S/C14H11Br2IS/c15-12-4-1-10(2-5-12)8-18-9-11-3-6-14(17)13(16)7-11/h1-7H,8-9H2. The van der Waals surface area contributed by atoms with Crippen molar-refractivity contribution < 1.29 is 0 Å². The molecule has 4 heteroatoms. The molecule has 0 unspecified atom stereocenters. The van der Waals surface area contributed by atoms with E-state index in [4.69, 9.17) is 0 Å². The largest absolute Gasteiger partial charge is 0.152 e. The summed E-state index contributed by atoms with van der Waals surface area (Å²) in [6, 6.07) is 15.1. The lowest BCUT2D eigenvalue weighted by Crippen LogP contribution is -1.85. The molecule has 0 amide bonds. The van der Waals surface area contributed by atoms with E-state index in [1.165, 1.54) is 19.2 Å². The molecule has 0 spiro atoms. The third-order valence-corrected chi connectivity index (χ3v) is 6.38. The lowest BCUT2D eigenvalue weighted by molar-refractivity contribution is 1.35. The maximum Gasteiger partial charge on any atom is 0.0311 e. The second kappa shape index (κ2) is 7.31. The first kappa shape index (κ1) is 14.9. The minimum Gasteiger partial charge on any atom is -0.152 e. The predicted octanol–water partition coefficient (Wildman–Crippen LogP) is 6.25. The molecule has 0 saturated heterocycles. The van der Waals surface area contributed by atoms with Crippen LogP contribution < -0.4 is 0 Å². The molecule has 0 aromatic heterocycles. The van der Waals surface area contributed by atoms with E-state index in [9.17, 15) is 0 Å². The van der Waals surface area contributed by atoms with E-state index in [1.54, 1.807) is 0 Å². The molecule has 2 aromatic rings. The monoisotopic (exact) mass is 496 g/mol. The molecule has 0 nitrogen and oxygen atoms in total. The number of hydrogen-bond acceptors (Lipinski definition) is 1. The molecule has 94 valence electrons. The van der Waals surface area contributed by atoms with Gasteiger partial charge >= 0.3 is 0 Å². The molecule has 0 aliphatic carbocycles. The SMILES string of the molecule is Brc1ccc(CSCc2ccc(I)c(Br)c2)cc1. The highest BCUT2D eigenvalue weighted by molar-refractivity contribution is 14.1. The van der Waals surface area contributed by atoms with Gasteiger partial charge in [0.15, 0.2) is 0 Å². The number of rotatable bonds is 4. The minimum absolute atomic E-state index is 1.05. The Morgan fingerprint density at radius 2 is 1.50 bits per heavy atom. The van der Waals surface area contributed by atoms with Crippen LogP contribution in [-0.4, -0.2) is 0 Å². The molecule has 0 heterocycles. The van der Waals surface area contributed by atoms with Crippen LogP contribution in [0.1, 0.15) is 11.1 Å². The molecule has 18 heavy (non-hydrogen) atoms. The van der Waals surface area contributed by atoms with Crippen LogP contribution in [0.5, 0.6) is 0 Å². The Kier molecular flexibility index (Phi) is 6.04. The molecule has 0 radical (unpaired) electrons. The quantitative estimate of drug-likeness (QED) is 0.450. The van der Waals surface area contributed by atoms with Crippen LogP contribution in [0.15, 0.2) is 51.4 Å². The molecule has 2 rings (SSSR count). The number of hydrogen-bond donors (Lipinski definition) is 0. The fraction of sp³-hybridized carbons (Fsp3) is 0.143. The van der Waals surface area contributed by atoms with Crippen molar-refractivity contribution in [3.63, 3.8) is 0 Å². The summed E-state index contributed by atoms with van der Waals surface area (Å²) in [5.74, 6) is 2.10. The van der Waals surface area contributed by atoms with Gasteiger partial charge < -0.3 is 0 Å². The highest BCUT2D eigenvalue weighted by atomic mass is 127. The average Bonchev–Trinajstić information content (AvgIpc) is 2.36. The molecule has 0 N–H and O–H groups in total. The Labute approximate surface area is 142 Å². The molecule has 0 fully saturated rings. The Morgan fingerprint density at radius 3 is 2.17 bits per heavy atom. The van der Waals surface area contributed by atoms with Crippen molar-refractivity contribution in [2.45, 2.75) is 11.5 Å². The molecule has 0 atom stereocenters. The average molecular weight is 498 g/mol. The maximum absolute atomic E-state index is 3.57. The van der Waals surface area contributed by atoms with E-state index in [-0.39, 0.29) is 0 Å². The summed E-state index contributed by atoms with van der Waals surface area (Å²) < 4.78 is 3.58. The number of benzene rings is 2. The summed E-state index contributed by atoms with van der Waals surface area (Å²) in [6.07, 6.45) is 0. The zero-order valence-electron chi connectivity index (χ0n) is 9.50. The van der Waals surface area contributed by atoms with Crippen molar-refractivity contribution in [1.29, 1.82) is 0 Å². The Hall–Kier alpha value is 0.480. The molecule has 0 saturated carbocycles. The fourth-order valence-corrected chi connectivity index (χ4v) is 3.47. The van der Waals surface area contributed by atoms with Gasteiger partial charge in [-0.25, -0.2) is 0 Å². The van der Waals surface area contributed by atoms with Gasteiger partial charge in [-0.1, -0.05) is 34.1 Å². The molecular formula is C14H11Br2IS. The van der Waals surface area contributed by atoms with Crippen molar-refractivity contribution in [3.8, 4) is 0 Å². The summed E-state index contributed by atoms with van der Waals surface area (Å²) in [7, 11) is 0. The van der Waals surface area contributed by atoms with Gasteiger partial charge in [0.1, 0.15) is 0 Å². The minimum atomic E-state index is 1.05. The number of thioether (sulfide) groups is 1. The molecule has 2 aromatic carbocycles. The predicted molar refractivity (Wildman–Crippen MR) is 96.0 cm³/mol. The van der Waals surface area contributed by atoms with Gasteiger partial charge in [-0.05, 0) is 73.9 Å². The second-order valence-corrected chi connectivity index (χ2v) is 7.79. The summed E-state index contributed by atoms with van der Waals surface area (Å²) in [6.45, 7) is 0. The molecule has 0 aliphatic heterocycles. The van der Waals surface area contributed by atoms with E-state index in [1.807, 2.05) is 11.8 Å². The van der Waals surface area contributed by atoms with Gasteiger partial charge in [0, 0.05) is 24.0 Å². The van der Waals surface area contributed by atoms with Crippen LogP contribution in [0.3, 0.4) is 0 Å². The number of halogens is 3. The highest BCUT2D eigenvalue weighted by Gasteiger charge is 2.00. The van der Waals surface area contributed by atoms with Crippen LogP contribution in [-0.2, 0) is 11.5 Å². The van der Waals surface area contributed by atoms with Crippen molar-refractivity contribution in [2.75, 3.05) is 0 Å². The van der Waals surface area contributed by atoms with Gasteiger partial charge in [-0.15, -0.1) is 0 Å². The lowest BCUT2D eigenvalue weighted by Gasteiger charge is -2.04. The summed E-state index contributed by atoms with van der Waals surface area (Å²) in [4.78, 5) is 0. The second-order valence-electron chi connectivity index (χ2n) is 3.87. The van der Waals surface area contributed by atoms with Crippen molar-refractivity contribution >= 4 is 66.2 Å². The van der Waals surface area contributed by atoms with Gasteiger partial charge in [0.05, 0.1) is 0 Å². The molecule has 0 bridgehead atoms. The van der Waals surface area contributed by atoms with E-state index >= 15 is 0 Å². The maximum atomic E-state index is 3.57. The van der Waals surface area contributed by atoms with Crippen molar-refractivity contribution in [1.82, 2.24) is 0 Å². The third kappa shape index (κ3) is 4.54. The van der Waals surface area contributed by atoms with Gasteiger partial charge in [0.25, 0.3) is 0 Å². The van der Waals surface area contributed by atoms with E-state index in [0.717, 1.165) is 16.0 Å². The normalized spacial score (nSPS) is 10.6. The molecule has 0 aliphatic rings. The third-order valence-electron chi connectivity index (χ3n) is 2.43. The fourth-order valence-electron chi connectivity index (χ4n) is 1.50. The first-order valence-electron chi connectivity index (χ1n) is 5.41. The van der Waals surface area contributed by atoms with Crippen LogP contribution in [0, 0.1) is 3.57 Å². The Bertz CT molecular complexity index is 526. The van der Waals surface area contributed by atoms with E-state index < -0.39 is 0 Å². The summed E-state index contributed by atoms with van der Waals surface area (Å²) >= 11 is 11.3. The van der Waals surface area contributed by atoms with E-state index in [0.29, 0.717) is 0 Å². The lowest BCUT2D eigenvalue weighted by atomic mass is 10.2. The van der Waals surface area contributed by atoms with Crippen LogP contribution in [0.4, 0.5) is 0 Å². The summed E-state index contributed by atoms with van der Waals surface area (Å²) in [5.41, 5.74) is 2.73. The summed E-state index contributed by atoms with van der Waals surface area (Å²) in [5, 5.41) is 0. The van der Waals surface area contributed by atoms with Crippen molar-refractivity contribution in [2.24, 2.45) is 0 Å². The first-order valence-corrected chi connectivity index (χ1v) is 9.23. The smallest absolute Gasteiger partial charge is 0.0311 e.